The fourth-order valence-electron chi connectivity index (χ4n) is 3.84. The van der Waals surface area contributed by atoms with Crippen LogP contribution in [0.5, 0.6) is 0 Å². The van der Waals surface area contributed by atoms with E-state index in [2.05, 4.69) is 34.4 Å². The number of rotatable bonds is 3. The molecule has 1 unspecified atom stereocenters. The Kier molecular flexibility index (Phi) is 6.44. The Morgan fingerprint density at radius 2 is 2.00 bits per heavy atom. The van der Waals surface area contributed by atoms with Gasteiger partial charge in [-0.3, -0.25) is 4.79 Å². The van der Waals surface area contributed by atoms with Gasteiger partial charge in [-0.1, -0.05) is 18.5 Å². The maximum absolute atomic E-state index is 12.9. The van der Waals surface area contributed by atoms with Gasteiger partial charge < -0.3 is 9.80 Å². The van der Waals surface area contributed by atoms with E-state index >= 15 is 0 Å². The molecule has 3 rings (SSSR count). The van der Waals surface area contributed by atoms with E-state index in [1.807, 2.05) is 17.0 Å². The third-order valence-electron chi connectivity index (χ3n) is 5.36. The van der Waals surface area contributed by atoms with E-state index in [-0.39, 0.29) is 5.91 Å². The molecule has 0 spiro atoms. The molecule has 24 heavy (non-hydrogen) atoms. The van der Waals surface area contributed by atoms with E-state index in [1.165, 1.54) is 32.4 Å². The second-order valence-electron chi connectivity index (χ2n) is 7.37. The third-order valence-corrected chi connectivity index (χ3v) is 6.53. The highest BCUT2D eigenvalue weighted by atomic mass is 127. The summed E-state index contributed by atoms with van der Waals surface area (Å²) in [5, 5.41) is 0.634. The lowest BCUT2D eigenvalue weighted by Crippen LogP contribution is -2.45. The zero-order chi connectivity index (χ0) is 17.1. The summed E-state index contributed by atoms with van der Waals surface area (Å²) in [6.07, 6.45) is 4.98. The van der Waals surface area contributed by atoms with Crippen LogP contribution in [0.4, 0.5) is 0 Å². The monoisotopic (exact) mass is 460 g/mol. The lowest BCUT2D eigenvalue weighted by molar-refractivity contribution is 0.0621. The number of carbonyl (C=O) groups excluding carboxylic acids is 1. The number of piperidine rings is 2. The van der Waals surface area contributed by atoms with Gasteiger partial charge in [0.15, 0.2) is 0 Å². The molecule has 0 N–H and O–H groups in total. The maximum Gasteiger partial charge on any atom is 0.254 e. The zero-order valence-corrected chi connectivity index (χ0v) is 17.2. The summed E-state index contributed by atoms with van der Waals surface area (Å²) < 4.78 is 0.981. The quantitative estimate of drug-likeness (QED) is 0.619. The smallest absolute Gasteiger partial charge is 0.254 e. The highest BCUT2D eigenvalue weighted by Gasteiger charge is 2.27. The van der Waals surface area contributed by atoms with E-state index in [1.54, 1.807) is 6.07 Å². The van der Waals surface area contributed by atoms with E-state index in [0.29, 0.717) is 10.9 Å². The molecule has 2 aliphatic heterocycles. The second-order valence-corrected chi connectivity index (χ2v) is 8.97. The topological polar surface area (TPSA) is 23.6 Å². The van der Waals surface area contributed by atoms with E-state index in [4.69, 9.17) is 11.6 Å². The van der Waals surface area contributed by atoms with Crippen LogP contribution in [-0.4, -0.2) is 48.4 Å². The lowest BCUT2D eigenvalue weighted by atomic mass is 9.94. The van der Waals surface area contributed by atoms with Gasteiger partial charge in [0.25, 0.3) is 5.91 Å². The highest BCUT2D eigenvalue weighted by molar-refractivity contribution is 14.1. The summed E-state index contributed by atoms with van der Waals surface area (Å²) in [5.41, 5.74) is 0.746. The van der Waals surface area contributed by atoms with Crippen molar-refractivity contribution in [2.45, 2.75) is 32.6 Å². The van der Waals surface area contributed by atoms with Crippen molar-refractivity contribution in [3.05, 3.63) is 32.4 Å². The molecule has 5 heteroatoms. The fraction of sp³-hybridized carbons (Fsp3) is 0.632. The van der Waals surface area contributed by atoms with Crippen molar-refractivity contribution in [3.8, 4) is 0 Å². The van der Waals surface area contributed by atoms with E-state index in [0.717, 1.165) is 41.1 Å². The van der Waals surface area contributed by atoms with Gasteiger partial charge in [0.1, 0.15) is 0 Å². The van der Waals surface area contributed by atoms with Crippen molar-refractivity contribution in [2.24, 2.45) is 11.8 Å². The van der Waals surface area contributed by atoms with Crippen molar-refractivity contribution < 1.29 is 4.79 Å². The van der Waals surface area contributed by atoms with Crippen LogP contribution in [0.15, 0.2) is 18.2 Å². The molecule has 0 saturated carbocycles. The molecule has 3 nitrogen and oxygen atoms in total. The molecule has 0 radical (unpaired) electrons. The number of amides is 1. The maximum atomic E-state index is 12.9. The molecule has 132 valence electrons. The van der Waals surface area contributed by atoms with Gasteiger partial charge in [-0.05, 0) is 91.4 Å². The van der Waals surface area contributed by atoms with Crippen molar-refractivity contribution in [1.82, 2.24) is 9.80 Å². The molecule has 2 saturated heterocycles. The molecule has 2 fully saturated rings. The minimum Gasteiger partial charge on any atom is -0.338 e. The number of hydrogen-bond acceptors (Lipinski definition) is 2. The summed E-state index contributed by atoms with van der Waals surface area (Å²) in [4.78, 5) is 17.5. The van der Waals surface area contributed by atoms with Crippen LogP contribution in [0.25, 0.3) is 0 Å². The molecule has 1 amide bonds. The Morgan fingerprint density at radius 3 is 2.75 bits per heavy atom. The number of nitrogens with zero attached hydrogens (tertiary/aromatic N) is 2. The molecule has 0 aliphatic carbocycles. The van der Waals surface area contributed by atoms with Gasteiger partial charge in [0, 0.05) is 28.2 Å². The third kappa shape index (κ3) is 4.64. The lowest BCUT2D eigenvalue weighted by Gasteiger charge is -2.38. The Labute approximate surface area is 163 Å². The normalized spacial score (nSPS) is 23.5. The van der Waals surface area contributed by atoms with Gasteiger partial charge in [-0.2, -0.15) is 0 Å². The van der Waals surface area contributed by atoms with Crippen molar-refractivity contribution in [1.29, 1.82) is 0 Å². The minimum atomic E-state index is 0.138. The summed E-state index contributed by atoms with van der Waals surface area (Å²) in [7, 11) is 0. The van der Waals surface area contributed by atoms with Gasteiger partial charge in [0.2, 0.25) is 0 Å². The molecule has 0 aromatic heterocycles. The van der Waals surface area contributed by atoms with Crippen LogP contribution in [-0.2, 0) is 0 Å². The second kappa shape index (κ2) is 8.37. The molecule has 1 aromatic rings. The van der Waals surface area contributed by atoms with Gasteiger partial charge in [0.05, 0.1) is 5.56 Å². The van der Waals surface area contributed by atoms with Crippen LogP contribution in [0.3, 0.4) is 0 Å². The summed E-state index contributed by atoms with van der Waals surface area (Å²) in [6.45, 7) is 7.69. The van der Waals surface area contributed by atoms with Crippen LogP contribution in [0.1, 0.15) is 43.0 Å². The Balaban J connectivity index is 1.60. The summed E-state index contributed by atoms with van der Waals surface area (Å²) >= 11 is 8.31. The molecule has 1 atom stereocenters. The number of carbonyl (C=O) groups is 1. The fourth-order valence-corrected chi connectivity index (χ4v) is 4.58. The molecule has 2 aliphatic rings. The number of benzene rings is 1. The van der Waals surface area contributed by atoms with Crippen LogP contribution in [0, 0.1) is 15.4 Å². The van der Waals surface area contributed by atoms with Gasteiger partial charge >= 0.3 is 0 Å². The Hall–Kier alpha value is -0.330. The number of likely N-dealkylation sites (tertiary alicyclic amines) is 2. The largest absolute Gasteiger partial charge is 0.338 e. The Morgan fingerprint density at radius 1 is 1.25 bits per heavy atom. The molecular weight excluding hydrogens is 435 g/mol. The van der Waals surface area contributed by atoms with Crippen molar-refractivity contribution >= 4 is 40.1 Å². The molecular formula is C19H26ClIN2O. The van der Waals surface area contributed by atoms with Gasteiger partial charge in [-0.15, -0.1) is 0 Å². The number of hydrogen-bond donors (Lipinski definition) is 0. The SMILES string of the molecule is CC1CCN(CC2CCCN(C(=O)c3cc(Cl)ccc3I)C2)CC1. The average molecular weight is 461 g/mol. The first-order chi connectivity index (χ1) is 11.5. The molecule has 0 bridgehead atoms. The Bertz CT molecular complexity index is 587. The van der Waals surface area contributed by atoms with Crippen molar-refractivity contribution in [2.75, 3.05) is 32.7 Å². The minimum absolute atomic E-state index is 0.138. The first kappa shape index (κ1) is 18.5. The summed E-state index contributed by atoms with van der Waals surface area (Å²) in [6, 6.07) is 5.57. The molecule has 1 aromatic carbocycles. The summed E-state index contributed by atoms with van der Waals surface area (Å²) in [5.74, 6) is 1.61. The number of halogens is 2. The van der Waals surface area contributed by atoms with Gasteiger partial charge in [-0.25, -0.2) is 0 Å². The van der Waals surface area contributed by atoms with Crippen LogP contribution < -0.4 is 0 Å². The van der Waals surface area contributed by atoms with E-state index in [9.17, 15) is 4.79 Å². The van der Waals surface area contributed by atoms with Crippen LogP contribution >= 0.6 is 34.2 Å². The first-order valence-corrected chi connectivity index (χ1v) is 10.5. The predicted octanol–water partition coefficient (Wildman–Crippen LogP) is 4.53. The zero-order valence-electron chi connectivity index (χ0n) is 14.3. The van der Waals surface area contributed by atoms with E-state index < -0.39 is 0 Å². The molecule has 2 heterocycles. The predicted molar refractivity (Wildman–Crippen MR) is 108 cm³/mol. The van der Waals surface area contributed by atoms with Crippen LogP contribution in [0.2, 0.25) is 5.02 Å². The first-order valence-electron chi connectivity index (χ1n) is 8.99. The average Bonchev–Trinajstić information content (AvgIpc) is 2.59. The highest BCUT2D eigenvalue weighted by Crippen LogP contribution is 2.25. The van der Waals surface area contributed by atoms with Crippen molar-refractivity contribution in [3.63, 3.8) is 0 Å². The standard InChI is InChI=1S/C19H26ClIN2O/c1-14-6-9-22(10-7-14)12-15-3-2-8-23(13-15)19(24)17-11-16(20)4-5-18(17)21/h4-5,11,14-15H,2-3,6-10,12-13H2,1H3.